The summed E-state index contributed by atoms with van der Waals surface area (Å²) in [5.74, 6) is 0. The number of hydrogen-bond donors (Lipinski definition) is 1. The van der Waals surface area contributed by atoms with Crippen LogP contribution in [0.5, 0.6) is 0 Å². The second kappa shape index (κ2) is 6.20. The van der Waals surface area contributed by atoms with Gasteiger partial charge in [-0.25, -0.2) is 0 Å². The molecule has 0 spiro atoms. The Morgan fingerprint density at radius 1 is 1.35 bits per heavy atom. The average molecular weight is 237 g/mol. The van der Waals surface area contributed by atoms with Gasteiger partial charge in [0.2, 0.25) is 0 Å². The third-order valence-electron chi connectivity index (χ3n) is 3.80. The van der Waals surface area contributed by atoms with E-state index in [2.05, 4.69) is 50.4 Å². The van der Waals surface area contributed by atoms with Gasteiger partial charge in [0.1, 0.15) is 0 Å². The molecule has 0 aliphatic rings. The maximum absolute atomic E-state index is 4.66. The molecule has 1 N–H and O–H groups in total. The number of aromatic nitrogens is 2. The second-order valence-electron chi connectivity index (χ2n) is 5.30. The van der Waals surface area contributed by atoms with Gasteiger partial charge in [0, 0.05) is 18.8 Å². The summed E-state index contributed by atoms with van der Waals surface area (Å²) in [4.78, 5) is 0. The highest BCUT2D eigenvalue weighted by molar-refractivity contribution is 5.04. The molecule has 17 heavy (non-hydrogen) atoms. The summed E-state index contributed by atoms with van der Waals surface area (Å²) in [6.45, 7) is 9.95. The number of nitrogens with zero attached hydrogens (tertiary/aromatic N) is 2. The van der Waals surface area contributed by atoms with Crippen molar-refractivity contribution in [3.05, 3.63) is 18.0 Å². The van der Waals surface area contributed by atoms with Crippen LogP contribution in [0.2, 0.25) is 0 Å². The highest BCUT2D eigenvalue weighted by Crippen LogP contribution is 2.29. The Bertz CT molecular complexity index is 324. The van der Waals surface area contributed by atoms with E-state index in [0.717, 1.165) is 13.0 Å². The molecule has 0 saturated carbocycles. The lowest BCUT2D eigenvalue weighted by Gasteiger charge is -2.30. The second-order valence-corrected chi connectivity index (χ2v) is 5.30. The molecule has 0 unspecified atom stereocenters. The quantitative estimate of drug-likeness (QED) is 0.790. The number of nitrogens with one attached hydrogen (secondary N) is 1. The van der Waals surface area contributed by atoms with Gasteiger partial charge in [-0.1, -0.05) is 13.8 Å². The van der Waals surface area contributed by atoms with E-state index < -0.39 is 0 Å². The first kappa shape index (κ1) is 14.2. The van der Waals surface area contributed by atoms with Gasteiger partial charge in [0.05, 0.1) is 5.69 Å². The van der Waals surface area contributed by atoms with Crippen molar-refractivity contribution in [2.75, 3.05) is 13.6 Å². The summed E-state index contributed by atoms with van der Waals surface area (Å²) in [7, 11) is 2.03. The van der Waals surface area contributed by atoms with Crippen molar-refractivity contribution in [2.24, 2.45) is 5.41 Å². The molecule has 1 aromatic rings. The lowest BCUT2D eigenvalue weighted by atomic mass is 9.78. The minimum Gasteiger partial charge on any atom is -0.319 e. The van der Waals surface area contributed by atoms with Crippen LogP contribution in [0, 0.1) is 5.41 Å². The highest BCUT2D eigenvalue weighted by Gasteiger charge is 2.26. The zero-order chi connectivity index (χ0) is 12.9. The Kier molecular flexibility index (Phi) is 5.19. The predicted octanol–water partition coefficient (Wildman–Crippen LogP) is 3.03. The van der Waals surface area contributed by atoms with E-state index >= 15 is 0 Å². The van der Waals surface area contributed by atoms with Crippen LogP contribution < -0.4 is 5.32 Å². The van der Waals surface area contributed by atoms with E-state index in [1.165, 1.54) is 18.5 Å². The topological polar surface area (TPSA) is 29.9 Å². The highest BCUT2D eigenvalue weighted by atomic mass is 15.3. The zero-order valence-corrected chi connectivity index (χ0v) is 12.0. The zero-order valence-electron chi connectivity index (χ0n) is 12.0. The monoisotopic (exact) mass is 237 g/mol. The molecule has 3 heteroatoms. The standard InChI is InChI=1S/C14H27N3/c1-6-14(7-2,11-15-5)10-13-8-9-17(16-13)12(3)4/h8-9,12,15H,6-7,10-11H2,1-5H3. The Balaban J connectivity index is 2.78. The van der Waals surface area contributed by atoms with E-state index in [0.29, 0.717) is 11.5 Å². The normalized spacial score (nSPS) is 12.4. The molecule has 1 aromatic heterocycles. The largest absolute Gasteiger partial charge is 0.319 e. The Labute approximate surface area is 106 Å². The molecule has 0 bridgehead atoms. The molecule has 3 nitrogen and oxygen atoms in total. The third-order valence-corrected chi connectivity index (χ3v) is 3.80. The average Bonchev–Trinajstić information content (AvgIpc) is 2.77. The molecule has 0 aliphatic heterocycles. The molecule has 1 heterocycles. The summed E-state index contributed by atoms with van der Waals surface area (Å²) in [6, 6.07) is 2.61. The molecular weight excluding hydrogens is 210 g/mol. The van der Waals surface area contributed by atoms with E-state index in [4.69, 9.17) is 0 Å². The van der Waals surface area contributed by atoms with Crippen LogP contribution in [0.15, 0.2) is 12.3 Å². The van der Waals surface area contributed by atoms with Crippen LogP contribution in [0.25, 0.3) is 0 Å². The van der Waals surface area contributed by atoms with Crippen LogP contribution in [0.3, 0.4) is 0 Å². The lowest BCUT2D eigenvalue weighted by Crippen LogP contribution is -2.33. The molecular formula is C14H27N3. The van der Waals surface area contributed by atoms with Crippen molar-refractivity contribution in [1.29, 1.82) is 0 Å². The molecule has 0 atom stereocenters. The van der Waals surface area contributed by atoms with E-state index in [1.807, 2.05) is 11.7 Å². The van der Waals surface area contributed by atoms with Gasteiger partial charge in [-0.15, -0.1) is 0 Å². The maximum Gasteiger partial charge on any atom is 0.0630 e. The first-order valence-corrected chi connectivity index (χ1v) is 6.75. The van der Waals surface area contributed by atoms with Crippen molar-refractivity contribution in [1.82, 2.24) is 15.1 Å². The SMILES string of the molecule is CCC(CC)(CNC)Cc1ccn(C(C)C)n1. The fourth-order valence-corrected chi connectivity index (χ4v) is 2.33. The summed E-state index contributed by atoms with van der Waals surface area (Å²) >= 11 is 0. The third kappa shape index (κ3) is 3.56. The van der Waals surface area contributed by atoms with Crippen molar-refractivity contribution < 1.29 is 0 Å². The van der Waals surface area contributed by atoms with Crippen LogP contribution in [-0.4, -0.2) is 23.4 Å². The van der Waals surface area contributed by atoms with Crippen molar-refractivity contribution in [2.45, 2.75) is 53.0 Å². The lowest BCUT2D eigenvalue weighted by molar-refractivity contribution is 0.249. The van der Waals surface area contributed by atoms with Crippen LogP contribution >= 0.6 is 0 Å². The van der Waals surface area contributed by atoms with Crippen molar-refractivity contribution in [3.63, 3.8) is 0 Å². The summed E-state index contributed by atoms with van der Waals surface area (Å²) in [6.07, 6.45) is 5.55. The minimum absolute atomic E-state index is 0.352. The molecule has 0 aromatic carbocycles. The number of hydrogen-bond acceptors (Lipinski definition) is 2. The Morgan fingerprint density at radius 3 is 2.41 bits per heavy atom. The first-order valence-electron chi connectivity index (χ1n) is 6.75. The van der Waals surface area contributed by atoms with Gasteiger partial charge >= 0.3 is 0 Å². The Hall–Kier alpha value is -0.830. The van der Waals surface area contributed by atoms with Gasteiger partial charge in [0.25, 0.3) is 0 Å². The molecule has 1 rings (SSSR count). The van der Waals surface area contributed by atoms with Crippen molar-refractivity contribution >= 4 is 0 Å². The molecule has 98 valence electrons. The molecule has 0 saturated heterocycles. The smallest absolute Gasteiger partial charge is 0.0630 e. The molecule has 0 amide bonds. The maximum atomic E-state index is 4.66. The van der Waals surface area contributed by atoms with Crippen LogP contribution in [-0.2, 0) is 6.42 Å². The molecule has 0 fully saturated rings. The summed E-state index contributed by atoms with van der Waals surface area (Å²) in [5, 5.41) is 7.99. The fourth-order valence-electron chi connectivity index (χ4n) is 2.33. The van der Waals surface area contributed by atoms with Crippen molar-refractivity contribution in [3.8, 4) is 0 Å². The molecule has 0 radical (unpaired) electrons. The van der Waals surface area contributed by atoms with E-state index in [-0.39, 0.29) is 0 Å². The Morgan fingerprint density at radius 2 is 2.00 bits per heavy atom. The van der Waals surface area contributed by atoms with E-state index in [9.17, 15) is 0 Å². The fraction of sp³-hybridized carbons (Fsp3) is 0.786. The van der Waals surface area contributed by atoms with Crippen LogP contribution in [0.4, 0.5) is 0 Å². The van der Waals surface area contributed by atoms with Gasteiger partial charge in [0.15, 0.2) is 0 Å². The summed E-state index contributed by atoms with van der Waals surface area (Å²) < 4.78 is 2.05. The minimum atomic E-state index is 0.352. The molecule has 0 aliphatic carbocycles. The van der Waals surface area contributed by atoms with E-state index in [1.54, 1.807) is 0 Å². The summed E-state index contributed by atoms with van der Waals surface area (Å²) in [5.41, 5.74) is 1.57. The van der Waals surface area contributed by atoms with Crippen LogP contribution in [0.1, 0.15) is 52.3 Å². The van der Waals surface area contributed by atoms with Gasteiger partial charge in [-0.2, -0.15) is 5.10 Å². The van der Waals surface area contributed by atoms with Gasteiger partial charge in [-0.3, -0.25) is 4.68 Å². The van der Waals surface area contributed by atoms with Gasteiger partial charge < -0.3 is 5.32 Å². The van der Waals surface area contributed by atoms with Gasteiger partial charge in [-0.05, 0) is 51.6 Å². The number of rotatable bonds is 7. The first-order chi connectivity index (χ1) is 8.06. The predicted molar refractivity (Wildman–Crippen MR) is 73.3 cm³/mol.